The molecule has 0 spiro atoms. The van der Waals surface area contributed by atoms with Gasteiger partial charge in [-0.05, 0) is 32.6 Å². The molecule has 0 bridgehead atoms. The molecule has 1 unspecified atom stereocenters. The second-order valence-corrected chi connectivity index (χ2v) is 7.70. The van der Waals surface area contributed by atoms with Crippen LogP contribution in [0.15, 0.2) is 30.3 Å². The van der Waals surface area contributed by atoms with Crippen LogP contribution in [0.1, 0.15) is 51.5 Å². The van der Waals surface area contributed by atoms with Crippen LogP contribution >= 0.6 is 11.6 Å². The summed E-state index contributed by atoms with van der Waals surface area (Å²) < 4.78 is 0. The van der Waals surface area contributed by atoms with E-state index in [9.17, 15) is 9.90 Å². The summed E-state index contributed by atoms with van der Waals surface area (Å²) in [5, 5.41) is 10.2. The molecule has 0 radical (unpaired) electrons. The van der Waals surface area contributed by atoms with Crippen LogP contribution in [-0.4, -0.2) is 34.1 Å². The number of piperidine rings is 1. The highest BCUT2D eigenvalue weighted by Gasteiger charge is 2.40. The molecule has 5 nitrogen and oxygen atoms in total. The van der Waals surface area contributed by atoms with Crippen molar-refractivity contribution in [1.82, 2.24) is 9.97 Å². The summed E-state index contributed by atoms with van der Waals surface area (Å²) in [5.41, 5.74) is 0.843. The normalized spacial score (nSPS) is 16.8. The van der Waals surface area contributed by atoms with Crippen LogP contribution in [0.5, 0.6) is 0 Å². The zero-order chi connectivity index (χ0) is 19.4. The largest absolute Gasteiger partial charge is 0.481 e. The van der Waals surface area contributed by atoms with Crippen molar-refractivity contribution in [3.05, 3.63) is 41.0 Å². The minimum Gasteiger partial charge on any atom is -0.481 e. The number of aliphatic carboxylic acids is 1. The first-order chi connectivity index (χ1) is 13.0. The molecular weight excluding hydrogens is 362 g/mol. The molecule has 6 heteroatoms. The van der Waals surface area contributed by atoms with E-state index in [0.717, 1.165) is 37.9 Å². The fraction of sp³-hybridized carbons (Fsp3) is 0.476. The number of rotatable bonds is 6. The summed E-state index contributed by atoms with van der Waals surface area (Å²) >= 11 is 6.63. The zero-order valence-electron chi connectivity index (χ0n) is 15.9. The highest BCUT2D eigenvalue weighted by Crippen LogP contribution is 2.40. The Morgan fingerprint density at radius 1 is 1.19 bits per heavy atom. The molecule has 0 amide bonds. The summed E-state index contributed by atoms with van der Waals surface area (Å²) in [7, 11) is 0. The van der Waals surface area contributed by atoms with Gasteiger partial charge < -0.3 is 10.0 Å². The van der Waals surface area contributed by atoms with Crippen molar-refractivity contribution >= 4 is 23.5 Å². The van der Waals surface area contributed by atoms with Gasteiger partial charge in [0, 0.05) is 24.2 Å². The van der Waals surface area contributed by atoms with Crippen molar-refractivity contribution in [2.75, 3.05) is 18.0 Å². The molecule has 1 aromatic carbocycles. The lowest BCUT2D eigenvalue weighted by Gasteiger charge is -2.31. The van der Waals surface area contributed by atoms with E-state index in [2.05, 4.69) is 9.88 Å². The van der Waals surface area contributed by atoms with Crippen LogP contribution in [0.2, 0.25) is 5.15 Å². The van der Waals surface area contributed by atoms with Gasteiger partial charge in [0.2, 0.25) is 5.95 Å². The number of aromatic nitrogens is 2. The molecule has 1 aliphatic rings. The van der Waals surface area contributed by atoms with Crippen LogP contribution in [0.4, 0.5) is 5.95 Å². The van der Waals surface area contributed by atoms with Crippen LogP contribution in [0.25, 0.3) is 11.3 Å². The first-order valence-electron chi connectivity index (χ1n) is 9.59. The lowest BCUT2D eigenvalue weighted by atomic mass is 9.77. The van der Waals surface area contributed by atoms with E-state index in [1.807, 2.05) is 37.3 Å². The van der Waals surface area contributed by atoms with Gasteiger partial charge in [-0.1, -0.05) is 55.3 Å². The Kier molecular flexibility index (Phi) is 6.00. The first kappa shape index (κ1) is 19.6. The Hall–Kier alpha value is -2.14. The maximum atomic E-state index is 12.2. The lowest BCUT2D eigenvalue weighted by Crippen LogP contribution is -2.35. The predicted octanol–water partition coefficient (Wildman–Crippen LogP) is 4.93. The van der Waals surface area contributed by atoms with Gasteiger partial charge in [0.15, 0.2) is 0 Å². The molecular formula is C21H26ClN3O2. The number of halogens is 1. The molecule has 1 aliphatic heterocycles. The Bertz CT molecular complexity index is 807. The van der Waals surface area contributed by atoms with Gasteiger partial charge in [-0.15, -0.1) is 0 Å². The molecule has 0 saturated carbocycles. The van der Waals surface area contributed by atoms with Crippen LogP contribution in [0, 0.1) is 0 Å². The number of benzene rings is 1. The number of hydrogen-bond acceptors (Lipinski definition) is 4. The van der Waals surface area contributed by atoms with E-state index in [0.29, 0.717) is 23.6 Å². The Morgan fingerprint density at radius 2 is 1.85 bits per heavy atom. The van der Waals surface area contributed by atoms with Crippen molar-refractivity contribution < 1.29 is 9.90 Å². The van der Waals surface area contributed by atoms with Crippen molar-refractivity contribution in [3.63, 3.8) is 0 Å². The summed E-state index contributed by atoms with van der Waals surface area (Å²) in [4.78, 5) is 23.7. The first-order valence-corrected chi connectivity index (χ1v) is 9.97. The molecule has 27 heavy (non-hydrogen) atoms. The predicted molar refractivity (Wildman–Crippen MR) is 108 cm³/mol. The van der Waals surface area contributed by atoms with E-state index in [4.69, 9.17) is 16.6 Å². The highest BCUT2D eigenvalue weighted by molar-refractivity contribution is 6.31. The maximum absolute atomic E-state index is 12.2. The minimum absolute atomic E-state index is 0.239. The molecule has 2 heterocycles. The Morgan fingerprint density at radius 3 is 2.44 bits per heavy atom. The van der Waals surface area contributed by atoms with Gasteiger partial charge in [0.25, 0.3) is 0 Å². The van der Waals surface area contributed by atoms with Crippen molar-refractivity contribution in [1.29, 1.82) is 0 Å². The summed E-state index contributed by atoms with van der Waals surface area (Å²) in [5.74, 6) is -0.315. The molecule has 1 N–H and O–H groups in total. The van der Waals surface area contributed by atoms with E-state index in [1.165, 1.54) is 6.42 Å². The van der Waals surface area contributed by atoms with Gasteiger partial charge in [0.05, 0.1) is 11.1 Å². The van der Waals surface area contributed by atoms with Gasteiger partial charge >= 0.3 is 5.97 Å². The third-order valence-corrected chi connectivity index (χ3v) is 5.59. The van der Waals surface area contributed by atoms with E-state index >= 15 is 0 Å². The molecule has 3 rings (SSSR count). The monoisotopic (exact) mass is 387 g/mol. The van der Waals surface area contributed by atoms with Crippen LogP contribution in [0.3, 0.4) is 0 Å². The average molecular weight is 388 g/mol. The minimum atomic E-state index is -1.14. The second kappa shape index (κ2) is 8.26. The fourth-order valence-corrected chi connectivity index (χ4v) is 4.16. The fourth-order valence-electron chi connectivity index (χ4n) is 3.79. The van der Waals surface area contributed by atoms with Gasteiger partial charge in [-0.25, -0.2) is 9.97 Å². The zero-order valence-corrected chi connectivity index (χ0v) is 16.7. The quantitative estimate of drug-likeness (QED) is 0.712. The topological polar surface area (TPSA) is 66.3 Å². The number of nitrogens with zero attached hydrogens (tertiary/aromatic N) is 3. The number of carboxylic acid groups (broad SMARTS) is 1. The standard InChI is InChI=1S/C21H26ClN3O2/c1-3-12-21(2,19(26)27)16-17(15-10-6-4-7-11-15)23-20(24-18(16)22)25-13-8-5-9-14-25/h4,6-7,10-11H,3,5,8-9,12-14H2,1-2H3,(H,26,27). The van der Waals surface area contributed by atoms with E-state index < -0.39 is 11.4 Å². The van der Waals surface area contributed by atoms with Crippen molar-refractivity contribution in [2.45, 2.75) is 51.4 Å². The smallest absolute Gasteiger partial charge is 0.314 e. The molecule has 0 aliphatic carbocycles. The molecule has 1 fully saturated rings. The van der Waals surface area contributed by atoms with Crippen LogP contribution in [-0.2, 0) is 10.2 Å². The Labute approximate surface area is 165 Å². The summed E-state index contributed by atoms with van der Waals surface area (Å²) in [6.07, 6.45) is 4.61. The van der Waals surface area contributed by atoms with Gasteiger partial charge in [-0.2, -0.15) is 0 Å². The van der Waals surface area contributed by atoms with Crippen LogP contribution < -0.4 is 4.90 Å². The SMILES string of the molecule is CCCC(C)(C(=O)O)c1c(Cl)nc(N2CCCCC2)nc1-c1ccccc1. The number of carboxylic acids is 1. The van der Waals surface area contributed by atoms with E-state index in [-0.39, 0.29) is 5.15 Å². The molecule has 2 aromatic rings. The summed E-state index contributed by atoms with van der Waals surface area (Å²) in [6, 6.07) is 9.66. The molecule has 1 aromatic heterocycles. The third-order valence-electron chi connectivity index (χ3n) is 5.31. The molecule has 1 saturated heterocycles. The van der Waals surface area contributed by atoms with Gasteiger partial charge in [0.1, 0.15) is 5.15 Å². The second-order valence-electron chi connectivity index (χ2n) is 7.34. The number of hydrogen-bond donors (Lipinski definition) is 1. The lowest BCUT2D eigenvalue weighted by molar-refractivity contribution is -0.143. The number of carbonyl (C=O) groups is 1. The van der Waals surface area contributed by atoms with E-state index in [1.54, 1.807) is 6.92 Å². The molecule has 144 valence electrons. The summed E-state index contributed by atoms with van der Waals surface area (Å²) in [6.45, 7) is 5.49. The van der Waals surface area contributed by atoms with Crippen molar-refractivity contribution in [3.8, 4) is 11.3 Å². The average Bonchev–Trinajstić information content (AvgIpc) is 2.68. The third kappa shape index (κ3) is 3.93. The maximum Gasteiger partial charge on any atom is 0.314 e. The Balaban J connectivity index is 2.21. The van der Waals surface area contributed by atoms with Crippen molar-refractivity contribution in [2.24, 2.45) is 0 Å². The van der Waals surface area contributed by atoms with Gasteiger partial charge in [-0.3, -0.25) is 4.79 Å². The number of anilines is 1. The molecule has 1 atom stereocenters. The highest BCUT2D eigenvalue weighted by atomic mass is 35.5.